The first-order valence-corrected chi connectivity index (χ1v) is 10.8. The van der Waals surface area contributed by atoms with Crippen LogP contribution in [0, 0.1) is 5.82 Å². The molecule has 5 nitrogen and oxygen atoms in total. The lowest BCUT2D eigenvalue weighted by molar-refractivity contribution is 0.101. The maximum Gasteiger partial charge on any atom is 0.243 e. The molecule has 0 aliphatic carbocycles. The lowest BCUT2D eigenvalue weighted by atomic mass is 10.2. The molecule has 144 valence electrons. The number of hydrogen-bond acceptors (Lipinski definition) is 4. The third-order valence-electron chi connectivity index (χ3n) is 4.62. The summed E-state index contributed by atoms with van der Waals surface area (Å²) in [5.74, 6) is -0.450. The Hall–Kier alpha value is -1.61. The number of nitrogens with zero attached hydrogens (tertiary/aromatic N) is 2. The monoisotopic (exact) mass is 454 g/mol. The van der Waals surface area contributed by atoms with Crippen molar-refractivity contribution in [2.45, 2.75) is 18.4 Å². The molecule has 27 heavy (non-hydrogen) atoms. The summed E-state index contributed by atoms with van der Waals surface area (Å²) in [6, 6.07) is 11.1. The third kappa shape index (κ3) is 4.63. The maximum atomic E-state index is 14.0. The fourth-order valence-corrected chi connectivity index (χ4v) is 4.85. The second-order valence-electron chi connectivity index (χ2n) is 6.50. The molecule has 2 aromatic carbocycles. The average Bonchev–Trinajstić information content (AvgIpc) is 2.64. The molecule has 0 N–H and O–H groups in total. The summed E-state index contributed by atoms with van der Waals surface area (Å²) < 4.78 is 41.8. The van der Waals surface area contributed by atoms with Crippen molar-refractivity contribution in [2.24, 2.45) is 0 Å². The molecule has 0 radical (unpaired) electrons. The van der Waals surface area contributed by atoms with Crippen LogP contribution < -0.4 is 0 Å². The summed E-state index contributed by atoms with van der Waals surface area (Å²) in [7, 11) is -3.65. The number of carbonyl (C=O) groups excluding carboxylic acids is 1. The molecule has 0 amide bonds. The first-order chi connectivity index (χ1) is 12.8. The summed E-state index contributed by atoms with van der Waals surface area (Å²) in [5.41, 5.74) is 0.962. The van der Waals surface area contributed by atoms with E-state index in [1.54, 1.807) is 24.3 Å². The fourth-order valence-electron chi connectivity index (χ4n) is 3.04. The van der Waals surface area contributed by atoms with Crippen molar-refractivity contribution in [1.82, 2.24) is 9.21 Å². The largest absolute Gasteiger partial charge is 0.296 e. The van der Waals surface area contributed by atoms with Gasteiger partial charge in [0.1, 0.15) is 5.82 Å². The number of hydrogen-bond donors (Lipinski definition) is 0. The van der Waals surface area contributed by atoms with E-state index in [4.69, 9.17) is 0 Å². The summed E-state index contributed by atoms with van der Waals surface area (Å²) in [6.45, 7) is 3.52. The van der Waals surface area contributed by atoms with Gasteiger partial charge in [0.25, 0.3) is 0 Å². The van der Waals surface area contributed by atoms with Crippen LogP contribution in [-0.4, -0.2) is 49.6 Å². The highest BCUT2D eigenvalue weighted by Gasteiger charge is 2.29. The minimum absolute atomic E-state index is 0.127. The lowest BCUT2D eigenvalue weighted by Crippen LogP contribution is -2.48. The number of benzene rings is 2. The van der Waals surface area contributed by atoms with E-state index < -0.39 is 10.0 Å². The first-order valence-electron chi connectivity index (χ1n) is 8.55. The molecule has 3 rings (SSSR count). The molecule has 0 bridgehead atoms. The normalized spacial score (nSPS) is 16.4. The Kier molecular flexibility index (Phi) is 6.10. The number of ketones is 1. The molecular weight excluding hydrogens is 435 g/mol. The Bertz CT molecular complexity index is 957. The van der Waals surface area contributed by atoms with Crippen LogP contribution in [0.4, 0.5) is 4.39 Å². The van der Waals surface area contributed by atoms with Gasteiger partial charge in [-0.2, -0.15) is 4.31 Å². The van der Waals surface area contributed by atoms with Gasteiger partial charge in [0.15, 0.2) is 5.78 Å². The third-order valence-corrected chi connectivity index (χ3v) is 7.01. The number of carbonyl (C=O) groups is 1. The molecule has 1 aliphatic heterocycles. The van der Waals surface area contributed by atoms with Crippen molar-refractivity contribution in [2.75, 3.05) is 26.2 Å². The minimum Gasteiger partial charge on any atom is -0.296 e. The topological polar surface area (TPSA) is 57.7 Å². The average molecular weight is 455 g/mol. The van der Waals surface area contributed by atoms with Crippen LogP contribution in [0.2, 0.25) is 0 Å². The maximum absolute atomic E-state index is 14.0. The van der Waals surface area contributed by atoms with E-state index in [0.29, 0.717) is 48.3 Å². The predicted molar refractivity (Wildman–Crippen MR) is 105 cm³/mol. The molecule has 8 heteroatoms. The second-order valence-corrected chi connectivity index (χ2v) is 9.35. The van der Waals surface area contributed by atoms with Crippen molar-refractivity contribution >= 4 is 31.7 Å². The van der Waals surface area contributed by atoms with Crippen molar-refractivity contribution in [1.29, 1.82) is 0 Å². The van der Waals surface area contributed by atoms with Crippen LogP contribution >= 0.6 is 15.9 Å². The number of piperazine rings is 1. The molecule has 1 aliphatic rings. The number of rotatable bonds is 5. The van der Waals surface area contributed by atoms with Crippen LogP contribution in [0.25, 0.3) is 0 Å². The van der Waals surface area contributed by atoms with Gasteiger partial charge in [-0.3, -0.25) is 9.69 Å². The Labute approximate surface area is 167 Å². The van der Waals surface area contributed by atoms with Gasteiger partial charge < -0.3 is 0 Å². The Morgan fingerprint density at radius 1 is 1.11 bits per heavy atom. The van der Waals surface area contributed by atoms with E-state index in [9.17, 15) is 17.6 Å². The minimum atomic E-state index is -3.65. The zero-order valence-corrected chi connectivity index (χ0v) is 17.3. The Balaban J connectivity index is 1.67. The van der Waals surface area contributed by atoms with E-state index in [1.807, 2.05) is 4.90 Å². The molecule has 1 heterocycles. The van der Waals surface area contributed by atoms with Gasteiger partial charge in [0.2, 0.25) is 10.0 Å². The molecule has 0 saturated carbocycles. The highest BCUT2D eigenvalue weighted by molar-refractivity contribution is 9.10. The number of sulfonamides is 1. The van der Waals surface area contributed by atoms with Crippen molar-refractivity contribution in [3.63, 3.8) is 0 Å². The molecule has 0 spiro atoms. The molecule has 1 saturated heterocycles. The summed E-state index contributed by atoms with van der Waals surface area (Å²) in [6.07, 6.45) is 0. The van der Waals surface area contributed by atoms with E-state index in [-0.39, 0.29) is 16.5 Å². The lowest BCUT2D eigenvalue weighted by Gasteiger charge is -2.34. The summed E-state index contributed by atoms with van der Waals surface area (Å²) in [4.78, 5) is 13.7. The zero-order chi connectivity index (χ0) is 19.6. The highest BCUT2D eigenvalue weighted by Crippen LogP contribution is 2.21. The van der Waals surface area contributed by atoms with Crippen molar-refractivity contribution < 1.29 is 17.6 Å². The van der Waals surface area contributed by atoms with Gasteiger partial charge >= 0.3 is 0 Å². The Morgan fingerprint density at radius 2 is 1.81 bits per heavy atom. The van der Waals surface area contributed by atoms with Gasteiger partial charge in [-0.05, 0) is 31.2 Å². The van der Waals surface area contributed by atoms with E-state index in [0.717, 1.165) is 0 Å². The van der Waals surface area contributed by atoms with Crippen LogP contribution in [0.1, 0.15) is 22.8 Å². The van der Waals surface area contributed by atoms with E-state index in [1.165, 1.54) is 29.4 Å². The number of halogens is 2. The second kappa shape index (κ2) is 8.18. The van der Waals surface area contributed by atoms with Crippen LogP contribution in [-0.2, 0) is 16.6 Å². The van der Waals surface area contributed by atoms with Crippen LogP contribution in [0.15, 0.2) is 51.8 Å². The van der Waals surface area contributed by atoms with Crippen molar-refractivity contribution in [3.05, 3.63) is 63.9 Å². The van der Waals surface area contributed by atoms with Crippen LogP contribution in [0.3, 0.4) is 0 Å². The highest BCUT2D eigenvalue weighted by atomic mass is 79.9. The molecule has 0 unspecified atom stereocenters. The molecule has 2 aromatic rings. The van der Waals surface area contributed by atoms with Gasteiger partial charge in [0, 0.05) is 48.3 Å². The van der Waals surface area contributed by atoms with E-state index in [2.05, 4.69) is 15.9 Å². The molecule has 1 fully saturated rings. The van der Waals surface area contributed by atoms with E-state index >= 15 is 0 Å². The van der Waals surface area contributed by atoms with Gasteiger partial charge in [-0.25, -0.2) is 12.8 Å². The van der Waals surface area contributed by atoms with Gasteiger partial charge in [-0.15, -0.1) is 0 Å². The van der Waals surface area contributed by atoms with Crippen molar-refractivity contribution in [3.8, 4) is 0 Å². The molecular formula is C19H20BrFN2O3S. The smallest absolute Gasteiger partial charge is 0.243 e. The summed E-state index contributed by atoms with van der Waals surface area (Å²) in [5, 5.41) is 0. The quantitative estimate of drug-likeness (QED) is 0.650. The zero-order valence-electron chi connectivity index (χ0n) is 14.9. The predicted octanol–water partition coefficient (Wildman–Crippen LogP) is 3.30. The Morgan fingerprint density at radius 3 is 2.44 bits per heavy atom. The molecule has 0 aromatic heterocycles. The van der Waals surface area contributed by atoms with Crippen LogP contribution in [0.5, 0.6) is 0 Å². The fraction of sp³-hybridized carbons (Fsp3) is 0.316. The first kappa shape index (κ1) is 20.1. The van der Waals surface area contributed by atoms with Gasteiger partial charge in [0.05, 0.1) is 4.90 Å². The standard InChI is InChI=1S/C19H20BrFN2O3S/c1-14(24)15-3-2-4-18(11-15)27(25,26)23-9-7-22(8-10-23)13-16-5-6-17(20)12-19(16)21/h2-6,11-12H,7-10,13H2,1H3. The summed E-state index contributed by atoms with van der Waals surface area (Å²) >= 11 is 3.24. The van der Waals surface area contributed by atoms with Gasteiger partial charge in [-0.1, -0.05) is 34.1 Å². The number of Topliss-reactive ketones (excluding diaryl/α,β-unsaturated/α-hetero) is 1. The molecule has 0 atom stereocenters. The SMILES string of the molecule is CC(=O)c1cccc(S(=O)(=O)N2CCN(Cc3ccc(Br)cc3F)CC2)c1.